The van der Waals surface area contributed by atoms with Gasteiger partial charge in [-0.3, -0.25) is 0 Å². The standard InChI is InChI=1S/C22H20N2O3/c1-26-17-10-7-15(8-11-17)14-24-19-6-4-3-5-18(19)23-22(24)16-9-12-20(25)21(13-16)27-2/h3-13,25H,14H2,1-2H3. The number of para-hydroxylation sites is 2. The normalized spacial score (nSPS) is 10.9. The lowest BCUT2D eigenvalue weighted by atomic mass is 10.1. The van der Waals surface area contributed by atoms with E-state index in [1.165, 1.54) is 0 Å². The van der Waals surface area contributed by atoms with Crippen LogP contribution in [-0.2, 0) is 6.54 Å². The van der Waals surface area contributed by atoms with Crippen molar-refractivity contribution in [3.05, 3.63) is 72.3 Å². The molecule has 0 unspecified atom stereocenters. The van der Waals surface area contributed by atoms with Gasteiger partial charge in [-0.15, -0.1) is 0 Å². The van der Waals surface area contributed by atoms with Crippen molar-refractivity contribution in [2.75, 3.05) is 14.2 Å². The summed E-state index contributed by atoms with van der Waals surface area (Å²) in [6.45, 7) is 0.670. The van der Waals surface area contributed by atoms with E-state index < -0.39 is 0 Å². The van der Waals surface area contributed by atoms with Crippen LogP contribution in [0.3, 0.4) is 0 Å². The van der Waals surface area contributed by atoms with Gasteiger partial charge in [0.1, 0.15) is 11.6 Å². The third kappa shape index (κ3) is 3.19. The van der Waals surface area contributed by atoms with Gasteiger partial charge in [0.2, 0.25) is 0 Å². The van der Waals surface area contributed by atoms with Gasteiger partial charge in [0.25, 0.3) is 0 Å². The average Bonchev–Trinajstić information content (AvgIpc) is 3.07. The van der Waals surface area contributed by atoms with Crippen molar-refractivity contribution in [3.8, 4) is 28.6 Å². The Morgan fingerprint density at radius 3 is 2.44 bits per heavy atom. The zero-order chi connectivity index (χ0) is 18.8. The summed E-state index contributed by atoms with van der Waals surface area (Å²) >= 11 is 0. The third-order valence-corrected chi connectivity index (χ3v) is 4.59. The predicted molar refractivity (Wildman–Crippen MR) is 105 cm³/mol. The Morgan fingerprint density at radius 2 is 1.70 bits per heavy atom. The van der Waals surface area contributed by atoms with Crippen molar-refractivity contribution in [2.45, 2.75) is 6.54 Å². The van der Waals surface area contributed by atoms with Gasteiger partial charge in [0, 0.05) is 12.1 Å². The maximum Gasteiger partial charge on any atom is 0.161 e. The van der Waals surface area contributed by atoms with Crippen LogP contribution in [-0.4, -0.2) is 28.9 Å². The molecule has 0 fully saturated rings. The van der Waals surface area contributed by atoms with E-state index in [9.17, 15) is 5.11 Å². The molecular formula is C22H20N2O3. The minimum atomic E-state index is 0.110. The maximum atomic E-state index is 9.91. The lowest BCUT2D eigenvalue weighted by Gasteiger charge is -2.11. The van der Waals surface area contributed by atoms with Gasteiger partial charge in [-0.05, 0) is 48.0 Å². The molecule has 136 valence electrons. The topological polar surface area (TPSA) is 56.5 Å². The fourth-order valence-corrected chi connectivity index (χ4v) is 3.19. The zero-order valence-corrected chi connectivity index (χ0v) is 15.2. The van der Waals surface area contributed by atoms with E-state index in [4.69, 9.17) is 14.5 Å². The molecule has 0 saturated carbocycles. The van der Waals surface area contributed by atoms with E-state index in [-0.39, 0.29) is 5.75 Å². The van der Waals surface area contributed by atoms with Gasteiger partial charge in [0.05, 0.1) is 25.3 Å². The summed E-state index contributed by atoms with van der Waals surface area (Å²) in [5, 5.41) is 9.91. The summed E-state index contributed by atoms with van der Waals surface area (Å²) in [6.07, 6.45) is 0. The number of nitrogens with zero attached hydrogens (tertiary/aromatic N) is 2. The number of fused-ring (bicyclic) bond motifs is 1. The molecule has 0 aliphatic carbocycles. The van der Waals surface area contributed by atoms with Gasteiger partial charge >= 0.3 is 0 Å². The zero-order valence-electron chi connectivity index (χ0n) is 15.2. The first-order chi connectivity index (χ1) is 13.2. The molecular weight excluding hydrogens is 340 g/mol. The number of phenolic OH excluding ortho intramolecular Hbond substituents is 1. The number of rotatable bonds is 5. The van der Waals surface area contributed by atoms with E-state index in [1.54, 1.807) is 26.4 Å². The molecule has 0 atom stereocenters. The lowest BCUT2D eigenvalue weighted by Crippen LogP contribution is -2.02. The minimum absolute atomic E-state index is 0.110. The van der Waals surface area contributed by atoms with Crippen LogP contribution in [0, 0.1) is 0 Å². The summed E-state index contributed by atoms with van der Waals surface area (Å²) in [4.78, 5) is 4.82. The van der Waals surface area contributed by atoms with Crippen LogP contribution >= 0.6 is 0 Å². The minimum Gasteiger partial charge on any atom is -0.504 e. The van der Waals surface area contributed by atoms with Gasteiger partial charge in [-0.25, -0.2) is 4.98 Å². The second kappa shape index (κ2) is 7.03. The molecule has 4 aromatic rings. The summed E-state index contributed by atoms with van der Waals surface area (Å²) in [5.74, 6) is 2.19. The van der Waals surface area contributed by atoms with Crippen LogP contribution in [0.25, 0.3) is 22.4 Å². The highest BCUT2D eigenvalue weighted by Gasteiger charge is 2.15. The second-order valence-electron chi connectivity index (χ2n) is 6.24. The molecule has 0 radical (unpaired) electrons. The average molecular weight is 360 g/mol. The van der Waals surface area contributed by atoms with E-state index in [1.807, 2.05) is 36.4 Å². The highest BCUT2D eigenvalue weighted by molar-refractivity contribution is 5.81. The molecule has 0 spiro atoms. The number of aromatic hydroxyl groups is 1. The molecule has 1 heterocycles. The van der Waals surface area contributed by atoms with Crippen LogP contribution in [0.1, 0.15) is 5.56 Å². The number of methoxy groups -OCH3 is 2. The number of ether oxygens (including phenoxy) is 2. The van der Waals surface area contributed by atoms with Crippen LogP contribution in [0.4, 0.5) is 0 Å². The van der Waals surface area contributed by atoms with Crippen molar-refractivity contribution in [1.82, 2.24) is 9.55 Å². The number of phenols is 1. The first-order valence-electron chi connectivity index (χ1n) is 8.65. The molecule has 3 aromatic carbocycles. The van der Waals surface area contributed by atoms with E-state index in [0.717, 1.165) is 33.7 Å². The lowest BCUT2D eigenvalue weighted by molar-refractivity contribution is 0.373. The fourth-order valence-electron chi connectivity index (χ4n) is 3.19. The largest absolute Gasteiger partial charge is 0.504 e. The summed E-state index contributed by atoms with van der Waals surface area (Å²) in [5.41, 5.74) is 4.00. The summed E-state index contributed by atoms with van der Waals surface area (Å²) < 4.78 is 12.7. The molecule has 0 saturated heterocycles. The molecule has 5 heteroatoms. The molecule has 27 heavy (non-hydrogen) atoms. The number of hydrogen-bond acceptors (Lipinski definition) is 4. The number of hydrogen-bond donors (Lipinski definition) is 1. The van der Waals surface area contributed by atoms with Gasteiger partial charge in [-0.2, -0.15) is 0 Å². The quantitative estimate of drug-likeness (QED) is 0.570. The third-order valence-electron chi connectivity index (χ3n) is 4.59. The molecule has 1 aromatic heterocycles. The molecule has 0 bridgehead atoms. The second-order valence-corrected chi connectivity index (χ2v) is 6.24. The molecule has 0 aliphatic heterocycles. The first-order valence-corrected chi connectivity index (χ1v) is 8.65. The van der Waals surface area contributed by atoms with E-state index in [2.05, 4.69) is 22.8 Å². The predicted octanol–water partition coefficient (Wildman–Crippen LogP) is 4.47. The van der Waals surface area contributed by atoms with Crippen molar-refractivity contribution in [2.24, 2.45) is 0 Å². The van der Waals surface area contributed by atoms with Crippen LogP contribution < -0.4 is 9.47 Å². The van der Waals surface area contributed by atoms with Gasteiger partial charge in [0.15, 0.2) is 11.5 Å². The fraction of sp³-hybridized carbons (Fsp3) is 0.136. The molecule has 5 nitrogen and oxygen atoms in total. The molecule has 0 amide bonds. The SMILES string of the molecule is COc1ccc(Cn2c(-c3ccc(O)c(OC)c3)nc3ccccc32)cc1. The van der Waals surface area contributed by atoms with Crippen LogP contribution in [0.2, 0.25) is 0 Å². The number of imidazole rings is 1. The highest BCUT2D eigenvalue weighted by atomic mass is 16.5. The van der Waals surface area contributed by atoms with Crippen molar-refractivity contribution >= 4 is 11.0 Å². The summed E-state index contributed by atoms with van der Waals surface area (Å²) in [7, 11) is 3.20. The van der Waals surface area contributed by atoms with E-state index in [0.29, 0.717) is 12.3 Å². The van der Waals surface area contributed by atoms with Crippen LogP contribution in [0.5, 0.6) is 17.2 Å². The smallest absolute Gasteiger partial charge is 0.161 e. The molecule has 0 aliphatic rings. The Kier molecular flexibility index (Phi) is 4.42. The van der Waals surface area contributed by atoms with Crippen molar-refractivity contribution < 1.29 is 14.6 Å². The Labute approximate surface area is 157 Å². The monoisotopic (exact) mass is 360 g/mol. The van der Waals surface area contributed by atoms with E-state index >= 15 is 0 Å². The Morgan fingerprint density at radius 1 is 0.926 bits per heavy atom. The number of benzene rings is 3. The Balaban J connectivity index is 1.84. The van der Waals surface area contributed by atoms with Gasteiger partial charge in [-0.1, -0.05) is 24.3 Å². The van der Waals surface area contributed by atoms with Crippen molar-refractivity contribution in [1.29, 1.82) is 0 Å². The number of aromatic nitrogens is 2. The van der Waals surface area contributed by atoms with Crippen molar-refractivity contribution in [3.63, 3.8) is 0 Å². The first kappa shape index (κ1) is 17.0. The van der Waals surface area contributed by atoms with Gasteiger partial charge < -0.3 is 19.1 Å². The highest BCUT2D eigenvalue weighted by Crippen LogP contribution is 2.33. The Hall–Kier alpha value is -3.47. The molecule has 1 N–H and O–H groups in total. The van der Waals surface area contributed by atoms with Crippen LogP contribution in [0.15, 0.2) is 66.7 Å². The summed E-state index contributed by atoms with van der Waals surface area (Å²) in [6, 6.07) is 21.4. The Bertz CT molecular complexity index is 1080. The molecule has 4 rings (SSSR count). The maximum absolute atomic E-state index is 9.91.